The van der Waals surface area contributed by atoms with Crippen LogP contribution in [0.3, 0.4) is 0 Å². The highest BCUT2D eigenvalue weighted by Gasteiger charge is 2.30. The summed E-state index contributed by atoms with van der Waals surface area (Å²) in [6.07, 6.45) is 3.38. The number of nitrogens with zero attached hydrogens (tertiary/aromatic N) is 1. The third-order valence-corrected chi connectivity index (χ3v) is 4.02. The Morgan fingerprint density at radius 1 is 1.35 bits per heavy atom. The second-order valence-corrected chi connectivity index (χ2v) is 5.03. The molecule has 94 valence electrons. The molecule has 1 fully saturated rings. The van der Waals surface area contributed by atoms with E-state index in [0.29, 0.717) is 6.04 Å². The minimum absolute atomic E-state index is 0.0744. The molecule has 1 aliphatic carbocycles. The number of benzene rings is 1. The number of hydrogen-bond acceptors (Lipinski definition) is 2. The summed E-state index contributed by atoms with van der Waals surface area (Å²) < 4.78 is 13.7. The van der Waals surface area contributed by atoms with E-state index in [9.17, 15) is 4.39 Å². The highest BCUT2D eigenvalue weighted by atomic mass is 19.1. The Bertz CT molecular complexity index is 380. The van der Waals surface area contributed by atoms with E-state index in [4.69, 9.17) is 5.73 Å². The molecule has 0 spiro atoms. The van der Waals surface area contributed by atoms with Crippen molar-refractivity contribution in [1.82, 2.24) is 4.90 Å². The minimum Gasteiger partial charge on any atom is -0.326 e. The number of rotatable bonds is 3. The number of likely N-dealkylation sites (N-methyl/N-ethyl adjacent to an activating group) is 1. The van der Waals surface area contributed by atoms with Gasteiger partial charge in [-0.2, -0.15) is 0 Å². The summed E-state index contributed by atoms with van der Waals surface area (Å²) in [6, 6.07) is 7.68. The summed E-state index contributed by atoms with van der Waals surface area (Å²) in [6.45, 7) is 2.05. The average Bonchev–Trinajstić information content (AvgIpc) is 2.74. The van der Waals surface area contributed by atoms with Crippen molar-refractivity contribution in [2.45, 2.75) is 44.3 Å². The topological polar surface area (TPSA) is 29.3 Å². The smallest absolute Gasteiger partial charge is 0.127 e. The Labute approximate surface area is 103 Å². The zero-order valence-electron chi connectivity index (χ0n) is 10.6. The Morgan fingerprint density at radius 2 is 2.06 bits per heavy atom. The molecule has 1 aromatic carbocycles. The molecule has 17 heavy (non-hydrogen) atoms. The summed E-state index contributed by atoms with van der Waals surface area (Å²) in [5.41, 5.74) is 6.86. The van der Waals surface area contributed by atoms with Crippen LogP contribution in [-0.4, -0.2) is 24.0 Å². The van der Waals surface area contributed by atoms with Crippen molar-refractivity contribution in [2.75, 3.05) is 7.05 Å². The normalized spacial score (nSPS) is 26.4. The summed E-state index contributed by atoms with van der Waals surface area (Å²) >= 11 is 0. The SMILES string of the molecule is CC(c1ccccc1F)N(C)C1CCCC1N. The monoisotopic (exact) mass is 236 g/mol. The van der Waals surface area contributed by atoms with Crippen molar-refractivity contribution in [2.24, 2.45) is 5.73 Å². The van der Waals surface area contributed by atoms with Gasteiger partial charge in [0.2, 0.25) is 0 Å². The summed E-state index contributed by atoms with van der Waals surface area (Å²) in [5.74, 6) is -0.126. The summed E-state index contributed by atoms with van der Waals surface area (Å²) in [4.78, 5) is 2.22. The lowest BCUT2D eigenvalue weighted by Crippen LogP contribution is -2.43. The van der Waals surface area contributed by atoms with Gasteiger partial charge in [0.05, 0.1) is 0 Å². The Balaban J connectivity index is 2.14. The van der Waals surface area contributed by atoms with Crippen LogP contribution < -0.4 is 5.73 Å². The fourth-order valence-corrected chi connectivity index (χ4v) is 2.80. The van der Waals surface area contributed by atoms with Crippen LogP contribution in [0.2, 0.25) is 0 Å². The van der Waals surface area contributed by atoms with E-state index in [0.717, 1.165) is 18.4 Å². The molecule has 1 aromatic rings. The zero-order valence-corrected chi connectivity index (χ0v) is 10.6. The molecule has 1 aliphatic rings. The first-order valence-corrected chi connectivity index (χ1v) is 6.33. The highest BCUT2D eigenvalue weighted by Crippen LogP contribution is 2.29. The van der Waals surface area contributed by atoms with Gasteiger partial charge >= 0.3 is 0 Å². The van der Waals surface area contributed by atoms with Crippen molar-refractivity contribution in [3.8, 4) is 0 Å². The van der Waals surface area contributed by atoms with Crippen LogP contribution in [0, 0.1) is 5.82 Å². The molecule has 2 N–H and O–H groups in total. The van der Waals surface area contributed by atoms with Crippen molar-refractivity contribution in [3.63, 3.8) is 0 Å². The van der Waals surface area contributed by atoms with E-state index < -0.39 is 0 Å². The molecule has 3 heteroatoms. The Hall–Kier alpha value is -0.930. The van der Waals surface area contributed by atoms with Crippen LogP contribution in [0.15, 0.2) is 24.3 Å². The van der Waals surface area contributed by atoms with E-state index in [-0.39, 0.29) is 17.9 Å². The molecule has 0 aliphatic heterocycles. The maximum atomic E-state index is 13.7. The molecule has 0 heterocycles. The molecule has 0 radical (unpaired) electrons. The molecule has 3 unspecified atom stereocenters. The van der Waals surface area contributed by atoms with Gasteiger partial charge in [0.25, 0.3) is 0 Å². The molecule has 2 nitrogen and oxygen atoms in total. The van der Waals surface area contributed by atoms with Crippen LogP contribution >= 0.6 is 0 Å². The molecule has 0 bridgehead atoms. The largest absolute Gasteiger partial charge is 0.326 e. The summed E-state index contributed by atoms with van der Waals surface area (Å²) in [7, 11) is 2.05. The third-order valence-electron chi connectivity index (χ3n) is 4.02. The van der Waals surface area contributed by atoms with E-state index >= 15 is 0 Å². The van der Waals surface area contributed by atoms with E-state index in [1.165, 1.54) is 12.5 Å². The molecular formula is C14H21FN2. The number of halogens is 1. The number of hydrogen-bond donors (Lipinski definition) is 1. The van der Waals surface area contributed by atoms with Crippen molar-refractivity contribution in [1.29, 1.82) is 0 Å². The predicted molar refractivity (Wildman–Crippen MR) is 68.2 cm³/mol. The molecular weight excluding hydrogens is 215 g/mol. The fourth-order valence-electron chi connectivity index (χ4n) is 2.80. The molecule has 1 saturated carbocycles. The van der Waals surface area contributed by atoms with Gasteiger partial charge in [-0.25, -0.2) is 4.39 Å². The average molecular weight is 236 g/mol. The first-order chi connectivity index (χ1) is 8.11. The summed E-state index contributed by atoms with van der Waals surface area (Å²) in [5, 5.41) is 0. The van der Waals surface area contributed by atoms with Crippen molar-refractivity contribution in [3.05, 3.63) is 35.6 Å². The maximum absolute atomic E-state index is 13.7. The second kappa shape index (κ2) is 5.15. The fraction of sp³-hybridized carbons (Fsp3) is 0.571. The van der Waals surface area contributed by atoms with Gasteiger partial charge in [0, 0.05) is 23.7 Å². The molecule has 0 saturated heterocycles. The third kappa shape index (κ3) is 2.50. The van der Waals surface area contributed by atoms with Crippen LogP contribution in [0.25, 0.3) is 0 Å². The molecule has 0 amide bonds. The van der Waals surface area contributed by atoms with Gasteiger partial charge in [0.1, 0.15) is 5.82 Å². The van der Waals surface area contributed by atoms with Crippen LogP contribution in [-0.2, 0) is 0 Å². The lowest BCUT2D eigenvalue weighted by atomic mass is 10.0. The van der Waals surface area contributed by atoms with Gasteiger partial charge < -0.3 is 5.73 Å². The van der Waals surface area contributed by atoms with Crippen molar-refractivity contribution < 1.29 is 4.39 Å². The Morgan fingerprint density at radius 3 is 2.65 bits per heavy atom. The van der Waals surface area contributed by atoms with Crippen LogP contribution in [0.4, 0.5) is 4.39 Å². The van der Waals surface area contributed by atoms with Gasteiger partial charge in [-0.15, -0.1) is 0 Å². The quantitative estimate of drug-likeness (QED) is 0.874. The number of nitrogens with two attached hydrogens (primary N) is 1. The lowest BCUT2D eigenvalue weighted by molar-refractivity contribution is 0.171. The maximum Gasteiger partial charge on any atom is 0.127 e. The zero-order chi connectivity index (χ0) is 12.4. The van der Waals surface area contributed by atoms with Crippen LogP contribution in [0.5, 0.6) is 0 Å². The van der Waals surface area contributed by atoms with Gasteiger partial charge in [0.15, 0.2) is 0 Å². The minimum atomic E-state index is -0.126. The Kier molecular flexibility index (Phi) is 3.79. The van der Waals surface area contributed by atoms with Gasteiger partial charge in [-0.05, 0) is 32.9 Å². The molecule has 2 rings (SSSR count). The first kappa shape index (κ1) is 12.5. The molecule has 3 atom stereocenters. The first-order valence-electron chi connectivity index (χ1n) is 6.33. The highest BCUT2D eigenvalue weighted by molar-refractivity contribution is 5.21. The lowest BCUT2D eigenvalue weighted by Gasteiger charge is -2.33. The second-order valence-electron chi connectivity index (χ2n) is 5.03. The standard InChI is InChI=1S/C14H21FN2/c1-10(11-6-3-4-7-12(11)15)17(2)14-9-5-8-13(14)16/h3-4,6-7,10,13-14H,5,8-9,16H2,1-2H3. The molecule has 0 aromatic heterocycles. The van der Waals surface area contributed by atoms with E-state index in [1.807, 2.05) is 26.1 Å². The van der Waals surface area contributed by atoms with Gasteiger partial charge in [-0.1, -0.05) is 24.6 Å². The van der Waals surface area contributed by atoms with E-state index in [2.05, 4.69) is 4.90 Å². The van der Waals surface area contributed by atoms with Gasteiger partial charge in [-0.3, -0.25) is 4.90 Å². The predicted octanol–water partition coefficient (Wildman–Crippen LogP) is 2.70. The van der Waals surface area contributed by atoms with E-state index in [1.54, 1.807) is 6.07 Å². The van der Waals surface area contributed by atoms with Crippen molar-refractivity contribution >= 4 is 0 Å². The van der Waals surface area contributed by atoms with Crippen LogP contribution in [0.1, 0.15) is 37.8 Å².